The van der Waals surface area contributed by atoms with Crippen LogP contribution in [-0.4, -0.2) is 9.91 Å². The Balaban J connectivity index is 2.57. The number of anilines is 2. The minimum atomic E-state index is -0.419. The second-order valence-electron chi connectivity index (χ2n) is 4.07. The molecule has 0 aliphatic heterocycles. The van der Waals surface area contributed by atoms with Crippen molar-refractivity contribution in [1.29, 1.82) is 0 Å². The standard InChI is InChI=1S/C13H12BrN3O2/c1-8-11(14)12(13(17(18)19)9(2)15-8)16-10-6-4-3-5-7-10/h3-7H,1-2H3,(H,15,16). The van der Waals surface area contributed by atoms with Crippen molar-refractivity contribution >= 4 is 33.0 Å². The second kappa shape index (κ2) is 5.36. The Labute approximate surface area is 119 Å². The SMILES string of the molecule is Cc1nc(C)c([N+](=O)[O-])c(Nc2ccccc2)c1Br. The van der Waals surface area contributed by atoms with E-state index in [1.165, 1.54) is 0 Å². The predicted molar refractivity (Wildman–Crippen MR) is 77.8 cm³/mol. The van der Waals surface area contributed by atoms with E-state index in [2.05, 4.69) is 26.2 Å². The van der Waals surface area contributed by atoms with Crippen LogP contribution in [-0.2, 0) is 0 Å². The summed E-state index contributed by atoms with van der Waals surface area (Å²) in [7, 11) is 0. The maximum atomic E-state index is 11.2. The molecular weight excluding hydrogens is 310 g/mol. The summed E-state index contributed by atoms with van der Waals surface area (Å²) < 4.78 is 0.605. The summed E-state index contributed by atoms with van der Waals surface area (Å²) in [6.45, 7) is 3.44. The van der Waals surface area contributed by atoms with Gasteiger partial charge in [0.2, 0.25) is 0 Å². The average molecular weight is 322 g/mol. The Morgan fingerprint density at radius 3 is 2.42 bits per heavy atom. The van der Waals surface area contributed by atoms with Gasteiger partial charge in [0, 0.05) is 5.69 Å². The van der Waals surface area contributed by atoms with E-state index < -0.39 is 4.92 Å². The summed E-state index contributed by atoms with van der Waals surface area (Å²) in [5.41, 5.74) is 2.31. The van der Waals surface area contributed by atoms with Gasteiger partial charge in [0.05, 0.1) is 15.1 Å². The highest BCUT2D eigenvalue weighted by molar-refractivity contribution is 9.10. The van der Waals surface area contributed by atoms with Crippen molar-refractivity contribution in [1.82, 2.24) is 4.98 Å². The average Bonchev–Trinajstić information content (AvgIpc) is 2.36. The molecule has 0 bridgehead atoms. The van der Waals surface area contributed by atoms with Crippen molar-refractivity contribution in [3.8, 4) is 0 Å². The summed E-state index contributed by atoms with van der Waals surface area (Å²) in [5, 5.41) is 14.3. The molecule has 0 aliphatic carbocycles. The molecular formula is C13H12BrN3O2. The van der Waals surface area contributed by atoms with Gasteiger partial charge in [0.1, 0.15) is 11.4 Å². The quantitative estimate of drug-likeness (QED) is 0.682. The van der Waals surface area contributed by atoms with Crippen LogP contribution in [0.2, 0.25) is 0 Å². The number of hydrogen-bond acceptors (Lipinski definition) is 4. The molecule has 98 valence electrons. The number of aryl methyl sites for hydroxylation is 2. The number of aromatic nitrogens is 1. The van der Waals surface area contributed by atoms with Crippen molar-refractivity contribution in [2.24, 2.45) is 0 Å². The zero-order valence-electron chi connectivity index (χ0n) is 10.5. The fourth-order valence-corrected chi connectivity index (χ4v) is 2.20. The third-order valence-electron chi connectivity index (χ3n) is 2.68. The van der Waals surface area contributed by atoms with Gasteiger partial charge in [-0.25, -0.2) is 4.98 Å². The lowest BCUT2D eigenvalue weighted by atomic mass is 10.2. The number of nitrogens with zero attached hydrogens (tertiary/aromatic N) is 2. The molecule has 0 saturated heterocycles. The summed E-state index contributed by atoms with van der Waals surface area (Å²) in [6, 6.07) is 9.31. The molecule has 0 atom stereocenters. The maximum absolute atomic E-state index is 11.2. The van der Waals surface area contributed by atoms with E-state index in [-0.39, 0.29) is 5.69 Å². The number of hydrogen-bond donors (Lipinski definition) is 1. The number of pyridine rings is 1. The molecule has 5 nitrogen and oxygen atoms in total. The molecule has 0 unspecified atom stereocenters. The highest BCUT2D eigenvalue weighted by Crippen LogP contribution is 2.37. The van der Waals surface area contributed by atoms with Gasteiger partial charge in [-0.2, -0.15) is 0 Å². The number of benzene rings is 1. The molecule has 2 rings (SSSR count). The molecule has 19 heavy (non-hydrogen) atoms. The van der Waals surface area contributed by atoms with Gasteiger partial charge in [-0.1, -0.05) is 18.2 Å². The molecule has 1 N–H and O–H groups in total. The van der Waals surface area contributed by atoms with Crippen LogP contribution in [0.15, 0.2) is 34.8 Å². The van der Waals surface area contributed by atoms with Crippen LogP contribution in [0, 0.1) is 24.0 Å². The zero-order chi connectivity index (χ0) is 14.0. The van der Waals surface area contributed by atoms with Gasteiger partial charge < -0.3 is 5.32 Å². The molecule has 0 fully saturated rings. The van der Waals surface area contributed by atoms with Gasteiger partial charge in [0.25, 0.3) is 0 Å². The highest BCUT2D eigenvalue weighted by atomic mass is 79.9. The van der Waals surface area contributed by atoms with Crippen molar-refractivity contribution in [3.63, 3.8) is 0 Å². The topological polar surface area (TPSA) is 68.1 Å². The van der Waals surface area contributed by atoms with Crippen LogP contribution in [0.3, 0.4) is 0 Å². The number of rotatable bonds is 3. The molecule has 0 amide bonds. The predicted octanol–water partition coefficient (Wildman–Crippen LogP) is 4.11. The molecule has 0 spiro atoms. The minimum absolute atomic E-state index is 0.0127. The molecule has 1 aromatic heterocycles. The molecule has 2 aromatic rings. The Bertz CT molecular complexity index is 630. The Hall–Kier alpha value is -1.95. The first-order chi connectivity index (χ1) is 9.00. The summed E-state index contributed by atoms with van der Waals surface area (Å²) in [6.07, 6.45) is 0. The first-order valence-electron chi connectivity index (χ1n) is 5.64. The smallest absolute Gasteiger partial charge is 0.314 e. The van der Waals surface area contributed by atoms with Crippen LogP contribution in [0.1, 0.15) is 11.4 Å². The summed E-state index contributed by atoms with van der Waals surface area (Å²) in [5.74, 6) is 0. The van der Waals surface area contributed by atoms with E-state index in [0.717, 1.165) is 5.69 Å². The number of nitrogens with one attached hydrogen (secondary N) is 1. The lowest BCUT2D eigenvalue weighted by Crippen LogP contribution is -2.04. The number of halogens is 1. The minimum Gasteiger partial charge on any atom is -0.349 e. The van der Waals surface area contributed by atoms with Crippen LogP contribution < -0.4 is 5.32 Å². The van der Waals surface area contributed by atoms with Crippen LogP contribution in [0.5, 0.6) is 0 Å². The van der Waals surface area contributed by atoms with Crippen molar-refractivity contribution in [3.05, 3.63) is 56.3 Å². The number of para-hydroxylation sites is 1. The maximum Gasteiger partial charge on any atom is 0.314 e. The van der Waals surface area contributed by atoms with E-state index in [9.17, 15) is 10.1 Å². The highest BCUT2D eigenvalue weighted by Gasteiger charge is 2.23. The van der Waals surface area contributed by atoms with E-state index in [1.807, 2.05) is 30.3 Å². The van der Waals surface area contributed by atoms with Crippen LogP contribution in [0.25, 0.3) is 0 Å². The largest absolute Gasteiger partial charge is 0.349 e. The third-order valence-corrected chi connectivity index (χ3v) is 3.65. The molecule has 0 saturated carbocycles. The lowest BCUT2D eigenvalue weighted by molar-refractivity contribution is -0.384. The summed E-state index contributed by atoms with van der Waals surface area (Å²) >= 11 is 3.36. The van der Waals surface area contributed by atoms with E-state index in [0.29, 0.717) is 21.5 Å². The zero-order valence-corrected chi connectivity index (χ0v) is 12.1. The Kier molecular flexibility index (Phi) is 3.80. The first kappa shape index (κ1) is 13.5. The van der Waals surface area contributed by atoms with Crippen LogP contribution in [0.4, 0.5) is 17.1 Å². The third kappa shape index (κ3) is 2.73. The number of nitro groups is 1. The van der Waals surface area contributed by atoms with Crippen molar-refractivity contribution in [2.75, 3.05) is 5.32 Å². The molecule has 1 aromatic carbocycles. The Morgan fingerprint density at radius 2 is 1.84 bits per heavy atom. The van der Waals surface area contributed by atoms with Gasteiger partial charge in [-0.05, 0) is 41.9 Å². The Morgan fingerprint density at radius 1 is 1.21 bits per heavy atom. The second-order valence-corrected chi connectivity index (χ2v) is 4.86. The fourth-order valence-electron chi connectivity index (χ4n) is 1.82. The van der Waals surface area contributed by atoms with E-state index in [1.54, 1.807) is 13.8 Å². The van der Waals surface area contributed by atoms with E-state index >= 15 is 0 Å². The van der Waals surface area contributed by atoms with Gasteiger partial charge >= 0.3 is 5.69 Å². The van der Waals surface area contributed by atoms with Gasteiger partial charge in [-0.3, -0.25) is 10.1 Å². The molecule has 1 heterocycles. The van der Waals surface area contributed by atoms with Crippen molar-refractivity contribution in [2.45, 2.75) is 13.8 Å². The normalized spacial score (nSPS) is 10.3. The molecule has 0 radical (unpaired) electrons. The lowest BCUT2D eigenvalue weighted by Gasteiger charge is -2.12. The fraction of sp³-hybridized carbons (Fsp3) is 0.154. The molecule has 0 aliphatic rings. The van der Waals surface area contributed by atoms with E-state index in [4.69, 9.17) is 0 Å². The first-order valence-corrected chi connectivity index (χ1v) is 6.43. The van der Waals surface area contributed by atoms with Gasteiger partial charge in [0.15, 0.2) is 0 Å². The summed E-state index contributed by atoms with van der Waals surface area (Å²) in [4.78, 5) is 15.0. The van der Waals surface area contributed by atoms with Crippen LogP contribution >= 0.6 is 15.9 Å². The van der Waals surface area contributed by atoms with Crippen molar-refractivity contribution < 1.29 is 4.92 Å². The monoisotopic (exact) mass is 321 g/mol. The van der Waals surface area contributed by atoms with Gasteiger partial charge in [-0.15, -0.1) is 0 Å². The molecule has 6 heteroatoms.